The smallest absolute Gasteiger partial charge is 0.302 e. The number of rotatable bonds is 5. The molecule has 4 nitrogen and oxygen atoms in total. The van der Waals surface area contributed by atoms with Crippen LogP contribution in [0.2, 0.25) is 0 Å². The highest BCUT2D eigenvalue weighted by molar-refractivity contribution is 5.65. The average molecular weight is 308 g/mol. The molecule has 0 radical (unpaired) electrons. The summed E-state index contributed by atoms with van der Waals surface area (Å²) in [6.45, 7) is 8.05. The van der Waals surface area contributed by atoms with Gasteiger partial charge in [0.15, 0.2) is 6.29 Å². The van der Waals surface area contributed by atoms with Crippen molar-refractivity contribution in [2.45, 2.75) is 52.7 Å². The molecule has 0 N–H and O–H groups in total. The van der Waals surface area contributed by atoms with E-state index in [2.05, 4.69) is 13.8 Å². The van der Waals surface area contributed by atoms with E-state index < -0.39 is 0 Å². The number of hydrogen-bond acceptors (Lipinski definition) is 4. The minimum Gasteiger partial charge on any atom is -0.466 e. The topological polar surface area (TPSA) is 44.8 Å². The Morgan fingerprint density at radius 1 is 1.14 bits per heavy atom. The third kappa shape index (κ3) is 3.09. The maximum absolute atomic E-state index is 11.2. The van der Waals surface area contributed by atoms with Gasteiger partial charge in [-0.15, -0.1) is 0 Å². The molecule has 1 saturated carbocycles. The highest BCUT2D eigenvalue weighted by Crippen LogP contribution is 2.55. The summed E-state index contributed by atoms with van der Waals surface area (Å²) < 4.78 is 17.1. The molecule has 3 rings (SSSR count). The zero-order valence-corrected chi connectivity index (χ0v) is 14.0. The van der Waals surface area contributed by atoms with Gasteiger partial charge in [0.2, 0.25) is 0 Å². The van der Waals surface area contributed by atoms with E-state index in [4.69, 9.17) is 14.2 Å². The third-order valence-electron chi connectivity index (χ3n) is 5.92. The Morgan fingerprint density at radius 3 is 2.41 bits per heavy atom. The monoisotopic (exact) mass is 308 g/mol. The van der Waals surface area contributed by atoms with Gasteiger partial charge in [-0.2, -0.15) is 0 Å². The zero-order valence-electron chi connectivity index (χ0n) is 14.0. The van der Waals surface area contributed by atoms with E-state index in [1.807, 2.05) is 0 Å². The van der Waals surface area contributed by atoms with Crippen LogP contribution in [0, 0.1) is 23.7 Å². The van der Waals surface area contributed by atoms with Gasteiger partial charge in [0.1, 0.15) is 0 Å². The predicted molar refractivity (Wildman–Crippen MR) is 83.1 cm³/mol. The summed E-state index contributed by atoms with van der Waals surface area (Å²) >= 11 is 0. The summed E-state index contributed by atoms with van der Waals surface area (Å²) in [4.78, 5) is 11.2. The van der Waals surface area contributed by atoms with Crippen molar-refractivity contribution >= 4 is 5.97 Å². The van der Waals surface area contributed by atoms with Crippen LogP contribution in [0.1, 0.15) is 46.5 Å². The Morgan fingerprint density at radius 2 is 1.82 bits per heavy atom. The van der Waals surface area contributed by atoms with Gasteiger partial charge in [0.05, 0.1) is 13.2 Å². The van der Waals surface area contributed by atoms with E-state index >= 15 is 0 Å². The summed E-state index contributed by atoms with van der Waals surface area (Å²) in [7, 11) is 0. The third-order valence-corrected chi connectivity index (χ3v) is 5.92. The molecule has 1 saturated heterocycles. The maximum atomic E-state index is 11.2. The van der Waals surface area contributed by atoms with Crippen molar-refractivity contribution in [3.05, 3.63) is 11.1 Å². The molecule has 1 heterocycles. The number of esters is 1. The van der Waals surface area contributed by atoms with Crippen LogP contribution >= 0.6 is 0 Å². The SMILES string of the molecule is CC(=O)OCC1C2CC(C(C)=C2C)C1COC1CCCCO1. The molecular formula is C18H28O4. The van der Waals surface area contributed by atoms with Gasteiger partial charge in [-0.25, -0.2) is 0 Å². The molecule has 124 valence electrons. The Hall–Kier alpha value is -0.870. The molecule has 4 heteroatoms. The van der Waals surface area contributed by atoms with E-state index in [1.165, 1.54) is 30.9 Å². The first kappa shape index (κ1) is 16.0. The average Bonchev–Trinajstić information content (AvgIpc) is 3.01. The van der Waals surface area contributed by atoms with Crippen LogP contribution < -0.4 is 0 Å². The largest absolute Gasteiger partial charge is 0.466 e. The summed E-state index contributed by atoms with van der Waals surface area (Å²) in [5, 5.41) is 0. The Kier molecular flexibility index (Phi) is 4.88. The van der Waals surface area contributed by atoms with Gasteiger partial charge in [0, 0.05) is 19.4 Å². The van der Waals surface area contributed by atoms with Crippen LogP contribution in [0.4, 0.5) is 0 Å². The van der Waals surface area contributed by atoms with Crippen molar-refractivity contribution in [1.29, 1.82) is 0 Å². The second-order valence-electron chi connectivity index (χ2n) is 7.07. The van der Waals surface area contributed by atoms with Crippen LogP contribution in [0.5, 0.6) is 0 Å². The van der Waals surface area contributed by atoms with Crippen molar-refractivity contribution in [1.82, 2.24) is 0 Å². The first-order valence-electron chi connectivity index (χ1n) is 8.61. The summed E-state index contributed by atoms with van der Waals surface area (Å²) in [6.07, 6.45) is 4.50. The highest BCUT2D eigenvalue weighted by Gasteiger charge is 2.50. The molecule has 2 aliphatic carbocycles. The molecule has 5 atom stereocenters. The first-order valence-corrected chi connectivity index (χ1v) is 8.61. The molecule has 1 aliphatic heterocycles. The first-order chi connectivity index (χ1) is 10.6. The van der Waals surface area contributed by atoms with E-state index in [9.17, 15) is 4.79 Å². The minimum atomic E-state index is -0.184. The van der Waals surface area contributed by atoms with Gasteiger partial charge in [-0.3, -0.25) is 4.79 Å². The van der Waals surface area contributed by atoms with Crippen LogP contribution in [-0.2, 0) is 19.0 Å². The van der Waals surface area contributed by atoms with Gasteiger partial charge in [-0.1, -0.05) is 11.1 Å². The van der Waals surface area contributed by atoms with Crippen molar-refractivity contribution in [2.75, 3.05) is 19.8 Å². The Bertz CT molecular complexity index is 450. The van der Waals surface area contributed by atoms with Gasteiger partial charge >= 0.3 is 5.97 Å². The van der Waals surface area contributed by atoms with Gasteiger partial charge in [-0.05, 0) is 57.3 Å². The van der Waals surface area contributed by atoms with E-state index in [0.717, 1.165) is 26.1 Å². The van der Waals surface area contributed by atoms with Gasteiger partial charge < -0.3 is 14.2 Å². The quantitative estimate of drug-likeness (QED) is 0.577. The van der Waals surface area contributed by atoms with Crippen LogP contribution in [0.25, 0.3) is 0 Å². The predicted octanol–water partition coefficient (Wildman–Crippen LogP) is 3.31. The molecule has 22 heavy (non-hydrogen) atoms. The molecule has 0 aromatic carbocycles. The van der Waals surface area contributed by atoms with Crippen molar-refractivity contribution in [2.24, 2.45) is 23.7 Å². The number of allylic oxidation sites excluding steroid dienone is 2. The molecule has 2 fully saturated rings. The molecule has 0 aromatic heterocycles. The van der Waals surface area contributed by atoms with Crippen molar-refractivity contribution in [3.63, 3.8) is 0 Å². The number of carbonyl (C=O) groups excluding carboxylic acids is 1. The van der Waals surface area contributed by atoms with Crippen LogP contribution in [0.3, 0.4) is 0 Å². The highest BCUT2D eigenvalue weighted by atomic mass is 16.7. The molecule has 0 aromatic rings. The lowest BCUT2D eigenvalue weighted by Crippen LogP contribution is -2.34. The number of fused-ring (bicyclic) bond motifs is 2. The fraction of sp³-hybridized carbons (Fsp3) is 0.833. The second-order valence-corrected chi connectivity index (χ2v) is 7.07. The molecule has 5 unspecified atom stereocenters. The lowest BCUT2D eigenvalue weighted by atomic mass is 9.77. The zero-order chi connectivity index (χ0) is 15.7. The van der Waals surface area contributed by atoms with Crippen LogP contribution in [0.15, 0.2) is 11.1 Å². The summed E-state index contributed by atoms with van der Waals surface area (Å²) in [5.41, 5.74) is 3.04. The van der Waals surface area contributed by atoms with E-state index in [0.29, 0.717) is 30.3 Å². The number of ether oxygens (including phenoxy) is 3. The molecule has 0 amide bonds. The Labute approximate surface area is 133 Å². The fourth-order valence-electron chi connectivity index (χ4n) is 4.55. The number of carbonyl (C=O) groups is 1. The van der Waals surface area contributed by atoms with E-state index in [1.54, 1.807) is 0 Å². The number of hydrogen-bond donors (Lipinski definition) is 0. The van der Waals surface area contributed by atoms with E-state index in [-0.39, 0.29) is 12.3 Å². The molecule has 3 aliphatic rings. The lowest BCUT2D eigenvalue weighted by molar-refractivity contribution is -0.174. The van der Waals surface area contributed by atoms with Gasteiger partial charge in [0.25, 0.3) is 0 Å². The minimum absolute atomic E-state index is 0.0346. The molecule has 0 spiro atoms. The molecule has 2 bridgehead atoms. The fourth-order valence-corrected chi connectivity index (χ4v) is 4.55. The van der Waals surface area contributed by atoms with Crippen LogP contribution in [-0.4, -0.2) is 32.1 Å². The van der Waals surface area contributed by atoms with Crippen molar-refractivity contribution < 1.29 is 19.0 Å². The normalized spacial score (nSPS) is 37.7. The second kappa shape index (κ2) is 6.71. The molecular weight excluding hydrogens is 280 g/mol. The maximum Gasteiger partial charge on any atom is 0.302 e. The lowest BCUT2D eigenvalue weighted by Gasteiger charge is -2.33. The Balaban J connectivity index is 1.63. The standard InChI is InChI=1S/C18H28O4/c1-11-12(2)15-8-14(11)16(9-21-13(3)19)17(15)10-22-18-6-4-5-7-20-18/h14-18H,4-10H2,1-3H3. The summed E-state index contributed by atoms with van der Waals surface area (Å²) in [5.74, 6) is 1.83. The van der Waals surface area contributed by atoms with Crippen molar-refractivity contribution in [3.8, 4) is 0 Å². The summed E-state index contributed by atoms with van der Waals surface area (Å²) in [6, 6.07) is 0.